The van der Waals surface area contributed by atoms with Crippen LogP contribution >= 0.6 is 0 Å². The molecule has 0 amide bonds. The Hall–Kier alpha value is -2.93. The van der Waals surface area contributed by atoms with Gasteiger partial charge in [-0.1, -0.05) is 43.0 Å². The summed E-state index contributed by atoms with van der Waals surface area (Å²) in [6, 6.07) is 2.34. The molecule has 1 saturated carbocycles. The predicted molar refractivity (Wildman–Crippen MR) is 131 cm³/mol. The SMILES string of the molecule is C=C1C=C/C(S(=O)(=O)CC2CCC(N(C)c3ncnc4[nH]ccc34)CC2)=C\C/C=C\C=C/1. The summed E-state index contributed by atoms with van der Waals surface area (Å²) < 4.78 is 26.3. The van der Waals surface area contributed by atoms with E-state index >= 15 is 0 Å². The van der Waals surface area contributed by atoms with E-state index in [1.54, 1.807) is 24.6 Å². The Morgan fingerprint density at radius 1 is 1.12 bits per heavy atom. The molecule has 0 unspecified atom stereocenters. The zero-order chi connectivity index (χ0) is 22.6. The van der Waals surface area contributed by atoms with E-state index in [0.717, 1.165) is 48.1 Å². The molecule has 0 aliphatic heterocycles. The molecule has 32 heavy (non-hydrogen) atoms. The maximum atomic E-state index is 13.2. The van der Waals surface area contributed by atoms with E-state index in [2.05, 4.69) is 33.5 Å². The van der Waals surface area contributed by atoms with E-state index in [4.69, 9.17) is 0 Å². The molecule has 7 heteroatoms. The van der Waals surface area contributed by atoms with Gasteiger partial charge in [0.2, 0.25) is 0 Å². The number of allylic oxidation sites excluding steroid dienone is 8. The van der Waals surface area contributed by atoms with Crippen LogP contribution in [0.25, 0.3) is 11.0 Å². The average Bonchev–Trinajstić information content (AvgIpc) is 3.27. The van der Waals surface area contributed by atoms with E-state index in [1.807, 2.05) is 36.6 Å². The molecular weight excluding hydrogens is 420 g/mol. The van der Waals surface area contributed by atoms with Crippen LogP contribution in [0, 0.1) is 5.92 Å². The first-order valence-corrected chi connectivity index (χ1v) is 12.7. The van der Waals surface area contributed by atoms with Crippen LogP contribution in [0.4, 0.5) is 5.82 Å². The predicted octanol–water partition coefficient (Wildman–Crippen LogP) is 4.88. The number of anilines is 1. The van der Waals surface area contributed by atoms with Gasteiger partial charge in [-0.15, -0.1) is 0 Å². The van der Waals surface area contributed by atoms with Crippen molar-refractivity contribution in [2.75, 3.05) is 17.7 Å². The van der Waals surface area contributed by atoms with E-state index in [0.29, 0.717) is 17.4 Å². The maximum absolute atomic E-state index is 13.2. The minimum absolute atomic E-state index is 0.172. The molecule has 2 heterocycles. The third kappa shape index (κ3) is 5.10. The third-order valence-electron chi connectivity index (χ3n) is 6.32. The highest BCUT2D eigenvalue weighted by Gasteiger charge is 2.29. The van der Waals surface area contributed by atoms with Gasteiger partial charge in [0.25, 0.3) is 0 Å². The van der Waals surface area contributed by atoms with Crippen molar-refractivity contribution < 1.29 is 8.42 Å². The highest BCUT2D eigenvalue weighted by Crippen LogP contribution is 2.33. The molecule has 0 aromatic carbocycles. The molecule has 2 aliphatic rings. The van der Waals surface area contributed by atoms with Crippen molar-refractivity contribution in [1.29, 1.82) is 0 Å². The fraction of sp³-hybridized carbons (Fsp3) is 0.360. The molecule has 0 atom stereocenters. The normalized spacial score (nSPS) is 25.8. The lowest BCUT2D eigenvalue weighted by atomic mass is 9.86. The minimum Gasteiger partial charge on any atom is -0.356 e. The van der Waals surface area contributed by atoms with Crippen molar-refractivity contribution in [2.45, 2.75) is 38.1 Å². The topological polar surface area (TPSA) is 79.0 Å². The molecule has 0 bridgehead atoms. The van der Waals surface area contributed by atoms with Gasteiger partial charge in [0, 0.05) is 19.3 Å². The van der Waals surface area contributed by atoms with Gasteiger partial charge < -0.3 is 9.88 Å². The number of H-pyrrole nitrogens is 1. The zero-order valence-electron chi connectivity index (χ0n) is 18.4. The molecule has 168 valence electrons. The van der Waals surface area contributed by atoms with Crippen molar-refractivity contribution in [2.24, 2.45) is 5.92 Å². The standard InChI is InChI=1S/C25H30N4O2S/c1-19-7-5-3-4-6-8-22(14-9-19)32(30,31)17-20-10-12-21(13-11-20)29(2)25-23-15-16-26-24(23)27-18-28-25/h3-5,7-9,14-16,18,20-21H,1,6,10-13,17H2,2H3,(H,26,27,28)/b4-3-,7-5-,14-9?,22-8+. The fourth-order valence-electron chi connectivity index (χ4n) is 4.48. The van der Waals surface area contributed by atoms with Crippen LogP contribution in [0.2, 0.25) is 0 Å². The van der Waals surface area contributed by atoms with Crippen LogP contribution in [0.5, 0.6) is 0 Å². The first kappa shape index (κ1) is 22.3. The number of aromatic amines is 1. The van der Waals surface area contributed by atoms with Crippen molar-refractivity contribution in [1.82, 2.24) is 15.0 Å². The third-order valence-corrected chi connectivity index (χ3v) is 8.25. The molecule has 2 aromatic heterocycles. The molecule has 4 rings (SSSR count). The first-order chi connectivity index (χ1) is 15.4. The lowest BCUT2D eigenvalue weighted by molar-refractivity contribution is 0.341. The number of nitrogens with one attached hydrogen (secondary N) is 1. The highest BCUT2D eigenvalue weighted by molar-refractivity contribution is 7.95. The van der Waals surface area contributed by atoms with Gasteiger partial charge >= 0.3 is 0 Å². The molecule has 6 nitrogen and oxygen atoms in total. The molecule has 0 radical (unpaired) electrons. The van der Waals surface area contributed by atoms with Gasteiger partial charge in [-0.05, 0) is 55.7 Å². The van der Waals surface area contributed by atoms with E-state index in [1.165, 1.54) is 0 Å². The van der Waals surface area contributed by atoms with Crippen LogP contribution in [-0.2, 0) is 9.84 Å². The summed E-state index contributed by atoms with van der Waals surface area (Å²) in [6.45, 7) is 3.94. The Labute approximate surface area is 190 Å². The Balaban J connectivity index is 1.40. The Kier molecular flexibility index (Phi) is 6.74. The molecule has 0 saturated heterocycles. The Morgan fingerprint density at radius 2 is 1.94 bits per heavy atom. The van der Waals surface area contributed by atoms with Crippen molar-refractivity contribution in [3.8, 4) is 0 Å². The number of nitrogens with zero attached hydrogens (tertiary/aromatic N) is 3. The molecule has 2 aromatic rings. The monoisotopic (exact) mass is 450 g/mol. The van der Waals surface area contributed by atoms with Crippen LogP contribution < -0.4 is 4.90 Å². The second-order valence-electron chi connectivity index (χ2n) is 8.54. The Morgan fingerprint density at radius 3 is 2.75 bits per heavy atom. The number of hydrogen-bond donors (Lipinski definition) is 1. The first-order valence-electron chi connectivity index (χ1n) is 11.1. The summed E-state index contributed by atoms with van der Waals surface area (Å²) in [5.74, 6) is 1.29. The van der Waals surface area contributed by atoms with Gasteiger partial charge in [-0.2, -0.15) is 0 Å². The summed E-state index contributed by atoms with van der Waals surface area (Å²) in [7, 11) is -1.28. The van der Waals surface area contributed by atoms with E-state index in [9.17, 15) is 8.42 Å². The van der Waals surface area contributed by atoms with E-state index in [-0.39, 0.29) is 11.7 Å². The van der Waals surface area contributed by atoms with Gasteiger partial charge in [0.15, 0.2) is 9.84 Å². The largest absolute Gasteiger partial charge is 0.356 e. The maximum Gasteiger partial charge on any atom is 0.178 e. The summed E-state index contributed by atoms with van der Waals surface area (Å²) in [4.78, 5) is 14.5. The van der Waals surface area contributed by atoms with Crippen molar-refractivity contribution in [3.05, 3.63) is 78.2 Å². The van der Waals surface area contributed by atoms with Gasteiger partial charge in [0.1, 0.15) is 17.8 Å². The molecule has 0 spiro atoms. The van der Waals surface area contributed by atoms with Gasteiger partial charge in [-0.25, -0.2) is 18.4 Å². The summed E-state index contributed by atoms with van der Waals surface area (Å²) in [6.07, 6.45) is 20.7. The lowest BCUT2D eigenvalue weighted by Crippen LogP contribution is -2.37. The van der Waals surface area contributed by atoms with Crippen molar-refractivity contribution in [3.63, 3.8) is 0 Å². The number of sulfone groups is 1. The minimum atomic E-state index is -3.35. The molecule has 1 fully saturated rings. The van der Waals surface area contributed by atoms with E-state index < -0.39 is 9.84 Å². The molecule has 1 N–H and O–H groups in total. The van der Waals surface area contributed by atoms with Gasteiger partial charge in [0.05, 0.1) is 16.0 Å². The zero-order valence-corrected chi connectivity index (χ0v) is 19.3. The van der Waals surface area contributed by atoms with Crippen LogP contribution in [-0.4, -0.2) is 42.2 Å². The average molecular weight is 451 g/mol. The van der Waals surface area contributed by atoms with Gasteiger partial charge in [-0.3, -0.25) is 0 Å². The fourth-order valence-corrected chi connectivity index (χ4v) is 6.25. The van der Waals surface area contributed by atoms with Crippen LogP contribution in [0.3, 0.4) is 0 Å². The Bertz CT molecular complexity index is 1200. The number of rotatable bonds is 5. The summed E-state index contributed by atoms with van der Waals surface area (Å²) in [5, 5.41) is 1.01. The quantitative estimate of drug-likeness (QED) is 0.702. The number of hydrogen-bond acceptors (Lipinski definition) is 5. The van der Waals surface area contributed by atoms with Crippen LogP contribution in [0.1, 0.15) is 32.1 Å². The number of fused-ring (bicyclic) bond motifs is 1. The summed E-state index contributed by atoms with van der Waals surface area (Å²) >= 11 is 0. The lowest BCUT2D eigenvalue weighted by Gasteiger charge is -2.35. The second-order valence-corrected chi connectivity index (χ2v) is 10.6. The smallest absolute Gasteiger partial charge is 0.178 e. The highest BCUT2D eigenvalue weighted by atomic mass is 32.2. The van der Waals surface area contributed by atoms with Crippen molar-refractivity contribution >= 4 is 26.7 Å². The molecule has 2 aliphatic carbocycles. The molecular formula is C25H30N4O2S. The van der Waals surface area contributed by atoms with Crippen LogP contribution in [0.15, 0.2) is 78.2 Å². The second kappa shape index (κ2) is 9.69. The number of aromatic nitrogens is 3. The summed E-state index contributed by atoms with van der Waals surface area (Å²) in [5.41, 5.74) is 1.61.